The molecule has 27 heavy (non-hydrogen) atoms. The summed E-state index contributed by atoms with van der Waals surface area (Å²) in [4.78, 5) is 38.0. The highest BCUT2D eigenvalue weighted by atomic mass is 16.5. The molecular weight excluding hydrogens is 344 g/mol. The summed E-state index contributed by atoms with van der Waals surface area (Å²) >= 11 is 0. The van der Waals surface area contributed by atoms with Gasteiger partial charge in [-0.25, -0.2) is 0 Å². The van der Waals surface area contributed by atoms with Gasteiger partial charge in [0.1, 0.15) is 5.78 Å². The number of rotatable bonds is 5. The lowest BCUT2D eigenvalue weighted by Gasteiger charge is -2.55. The Morgan fingerprint density at radius 2 is 1.81 bits per heavy atom. The van der Waals surface area contributed by atoms with Crippen LogP contribution < -0.4 is 0 Å². The number of methoxy groups -OCH3 is 2. The molecule has 0 aromatic heterocycles. The molecule has 2 aliphatic rings. The first-order valence-electron chi connectivity index (χ1n) is 9.88. The van der Waals surface area contributed by atoms with Gasteiger partial charge in [0, 0.05) is 18.8 Å². The lowest BCUT2D eigenvalue weighted by molar-refractivity contribution is -0.173. The first-order chi connectivity index (χ1) is 12.6. The van der Waals surface area contributed by atoms with Crippen LogP contribution in [-0.2, 0) is 23.9 Å². The molecule has 2 aliphatic carbocycles. The van der Waals surface area contributed by atoms with Gasteiger partial charge in [-0.05, 0) is 49.4 Å². The smallest absolute Gasteiger partial charge is 0.311 e. The Balaban J connectivity index is 2.43. The summed E-state index contributed by atoms with van der Waals surface area (Å²) in [5, 5.41) is 0. The summed E-state index contributed by atoms with van der Waals surface area (Å²) in [6, 6.07) is 0. The van der Waals surface area contributed by atoms with E-state index in [1.807, 2.05) is 13.0 Å². The van der Waals surface area contributed by atoms with Gasteiger partial charge in [-0.2, -0.15) is 0 Å². The van der Waals surface area contributed by atoms with Crippen LogP contribution in [0, 0.1) is 28.1 Å². The average Bonchev–Trinajstić information content (AvgIpc) is 2.63. The molecule has 5 heteroatoms. The van der Waals surface area contributed by atoms with Crippen molar-refractivity contribution in [2.75, 3.05) is 14.2 Å². The molecule has 0 saturated heterocycles. The fourth-order valence-corrected chi connectivity index (χ4v) is 5.63. The molecule has 5 atom stereocenters. The minimum Gasteiger partial charge on any atom is -0.469 e. The highest BCUT2D eigenvalue weighted by molar-refractivity contribution is 5.84. The van der Waals surface area contributed by atoms with Gasteiger partial charge in [-0.15, -0.1) is 6.58 Å². The Labute approximate surface area is 162 Å². The van der Waals surface area contributed by atoms with E-state index >= 15 is 0 Å². The molecule has 2 saturated carbocycles. The zero-order chi connectivity index (χ0) is 20.5. The van der Waals surface area contributed by atoms with E-state index in [1.54, 1.807) is 0 Å². The summed E-state index contributed by atoms with van der Waals surface area (Å²) < 4.78 is 10.0. The maximum atomic E-state index is 13.1. The van der Waals surface area contributed by atoms with E-state index in [-0.39, 0.29) is 41.4 Å². The van der Waals surface area contributed by atoms with Crippen LogP contribution in [-0.4, -0.2) is 31.9 Å². The normalized spacial score (nSPS) is 39.5. The van der Waals surface area contributed by atoms with Crippen molar-refractivity contribution in [3.05, 3.63) is 12.7 Å². The van der Waals surface area contributed by atoms with Crippen molar-refractivity contribution in [1.82, 2.24) is 0 Å². The number of carbonyl (C=O) groups is 3. The third-order valence-electron chi connectivity index (χ3n) is 7.49. The maximum Gasteiger partial charge on any atom is 0.311 e. The van der Waals surface area contributed by atoms with Crippen LogP contribution in [0.4, 0.5) is 0 Å². The first-order valence-corrected chi connectivity index (χ1v) is 9.88. The third-order valence-corrected chi connectivity index (χ3v) is 7.49. The Bertz CT molecular complexity index is 626. The molecule has 0 amide bonds. The van der Waals surface area contributed by atoms with Crippen molar-refractivity contribution in [2.24, 2.45) is 28.1 Å². The quantitative estimate of drug-likeness (QED) is 0.532. The number of carbonyl (C=O) groups excluding carboxylic acids is 3. The van der Waals surface area contributed by atoms with Crippen molar-refractivity contribution in [3.8, 4) is 0 Å². The molecule has 0 radical (unpaired) electrons. The predicted molar refractivity (Wildman–Crippen MR) is 103 cm³/mol. The van der Waals surface area contributed by atoms with E-state index in [0.29, 0.717) is 12.8 Å². The molecule has 0 heterocycles. The Morgan fingerprint density at radius 3 is 2.33 bits per heavy atom. The molecule has 0 N–H and O–H groups in total. The SMILES string of the molecule is C=C[C@@]1(C)CCC([C@@]2(C)CCC[C@@](C)(C(=O)OC)[C@@H]2CC(=O)OC)C(=O)C1. The van der Waals surface area contributed by atoms with Gasteiger partial charge >= 0.3 is 11.9 Å². The molecule has 0 aromatic rings. The molecule has 0 bridgehead atoms. The van der Waals surface area contributed by atoms with Crippen LogP contribution >= 0.6 is 0 Å². The van der Waals surface area contributed by atoms with Crippen molar-refractivity contribution < 1.29 is 23.9 Å². The number of ketones is 1. The minimum absolute atomic E-state index is 0.126. The second-order valence-corrected chi connectivity index (χ2v) is 9.19. The zero-order valence-electron chi connectivity index (χ0n) is 17.4. The van der Waals surface area contributed by atoms with Crippen LogP contribution in [0.3, 0.4) is 0 Å². The summed E-state index contributed by atoms with van der Waals surface area (Å²) in [5.41, 5.74) is -1.40. The Hall–Kier alpha value is -1.65. The van der Waals surface area contributed by atoms with E-state index in [2.05, 4.69) is 20.4 Å². The second kappa shape index (κ2) is 7.76. The minimum atomic E-state index is -0.796. The Kier molecular flexibility index (Phi) is 6.23. The Morgan fingerprint density at radius 1 is 1.15 bits per heavy atom. The summed E-state index contributed by atoms with van der Waals surface area (Å²) in [6.45, 7) is 9.93. The third kappa shape index (κ3) is 3.83. The summed E-state index contributed by atoms with van der Waals surface area (Å²) in [5.74, 6) is -0.885. The van der Waals surface area contributed by atoms with Crippen molar-refractivity contribution in [2.45, 2.75) is 65.7 Å². The topological polar surface area (TPSA) is 69.7 Å². The van der Waals surface area contributed by atoms with E-state index in [4.69, 9.17) is 9.47 Å². The van der Waals surface area contributed by atoms with Crippen LogP contribution in [0.2, 0.25) is 0 Å². The molecular formula is C22H34O5. The molecule has 1 unspecified atom stereocenters. The molecule has 2 fully saturated rings. The zero-order valence-corrected chi connectivity index (χ0v) is 17.4. The largest absolute Gasteiger partial charge is 0.469 e. The lowest BCUT2D eigenvalue weighted by Crippen LogP contribution is -2.54. The van der Waals surface area contributed by atoms with Gasteiger partial charge in [0.05, 0.1) is 19.6 Å². The number of Topliss-reactive ketones (excluding diaryl/α,β-unsaturated/α-hetero) is 1. The van der Waals surface area contributed by atoms with Gasteiger partial charge < -0.3 is 9.47 Å². The number of hydrogen-bond donors (Lipinski definition) is 0. The molecule has 0 aromatic carbocycles. The highest BCUT2D eigenvalue weighted by Gasteiger charge is 2.58. The summed E-state index contributed by atoms with van der Waals surface area (Å²) in [6.07, 6.45) is 6.44. The predicted octanol–water partition coefficient (Wildman–Crippen LogP) is 4.10. The molecule has 0 spiro atoms. The van der Waals surface area contributed by atoms with Gasteiger partial charge in [0.2, 0.25) is 0 Å². The van der Waals surface area contributed by atoms with Crippen molar-refractivity contribution >= 4 is 17.7 Å². The highest BCUT2D eigenvalue weighted by Crippen LogP contribution is 2.59. The van der Waals surface area contributed by atoms with E-state index < -0.39 is 10.8 Å². The standard InChI is InChI=1S/C22H34O5/c1-7-20(2)12-9-15(16(23)14-20)21(3)10-8-11-22(4,19(25)27-6)17(21)13-18(24)26-5/h7,15,17H,1,8-14H2,2-6H3/t15?,17-,20+,21-,22-/m1/s1. The monoisotopic (exact) mass is 378 g/mol. The van der Waals surface area contributed by atoms with Crippen LogP contribution in [0.15, 0.2) is 12.7 Å². The van der Waals surface area contributed by atoms with Gasteiger partial charge in [-0.3, -0.25) is 14.4 Å². The average molecular weight is 379 g/mol. The van der Waals surface area contributed by atoms with E-state index in [1.165, 1.54) is 14.2 Å². The fraction of sp³-hybridized carbons (Fsp3) is 0.773. The second-order valence-electron chi connectivity index (χ2n) is 9.19. The number of hydrogen-bond acceptors (Lipinski definition) is 5. The van der Waals surface area contributed by atoms with E-state index in [0.717, 1.165) is 25.7 Å². The van der Waals surface area contributed by atoms with Gasteiger partial charge in [0.15, 0.2) is 0 Å². The van der Waals surface area contributed by atoms with Gasteiger partial charge in [-0.1, -0.05) is 26.3 Å². The van der Waals surface area contributed by atoms with Crippen molar-refractivity contribution in [3.63, 3.8) is 0 Å². The van der Waals surface area contributed by atoms with Crippen LogP contribution in [0.25, 0.3) is 0 Å². The molecule has 0 aliphatic heterocycles. The fourth-order valence-electron chi connectivity index (χ4n) is 5.63. The van der Waals surface area contributed by atoms with Crippen molar-refractivity contribution in [1.29, 1.82) is 0 Å². The van der Waals surface area contributed by atoms with Gasteiger partial charge in [0.25, 0.3) is 0 Å². The summed E-state index contributed by atoms with van der Waals surface area (Å²) in [7, 11) is 2.75. The number of esters is 2. The maximum absolute atomic E-state index is 13.1. The molecule has 5 nitrogen and oxygen atoms in total. The van der Waals surface area contributed by atoms with Crippen LogP contribution in [0.1, 0.15) is 65.7 Å². The molecule has 152 valence electrons. The first kappa shape index (κ1) is 21.6. The molecule has 2 rings (SSSR count). The van der Waals surface area contributed by atoms with Crippen LogP contribution in [0.5, 0.6) is 0 Å². The lowest BCUT2D eigenvalue weighted by atomic mass is 9.48. The number of ether oxygens (including phenoxy) is 2. The number of allylic oxidation sites excluding steroid dienone is 1. The van der Waals surface area contributed by atoms with E-state index in [9.17, 15) is 14.4 Å².